The summed E-state index contributed by atoms with van der Waals surface area (Å²) in [4.78, 5) is 4.36. The minimum Gasteiger partial charge on any atom is -0.358 e. The van der Waals surface area contributed by atoms with Gasteiger partial charge in [0.1, 0.15) is 10.9 Å². The molecule has 0 spiro atoms. The van der Waals surface area contributed by atoms with Crippen LogP contribution in [0.2, 0.25) is 5.15 Å². The highest BCUT2D eigenvalue weighted by molar-refractivity contribution is 7.16. The average molecular weight is 200 g/mol. The van der Waals surface area contributed by atoms with E-state index < -0.39 is 0 Å². The van der Waals surface area contributed by atoms with Gasteiger partial charge in [-0.25, -0.2) is 4.98 Å². The summed E-state index contributed by atoms with van der Waals surface area (Å²) in [6, 6.07) is 1.95. The van der Waals surface area contributed by atoms with E-state index >= 15 is 0 Å². The van der Waals surface area contributed by atoms with Crippen molar-refractivity contribution in [2.24, 2.45) is 0 Å². The molecule has 1 N–H and O–H groups in total. The molecule has 0 unspecified atom stereocenters. The van der Waals surface area contributed by atoms with Gasteiger partial charge < -0.3 is 5.32 Å². The van der Waals surface area contributed by atoms with E-state index in [4.69, 9.17) is 16.9 Å². The number of thiazole rings is 1. The predicted molar refractivity (Wildman–Crippen MR) is 50.5 cm³/mol. The van der Waals surface area contributed by atoms with Crippen LogP contribution < -0.4 is 5.32 Å². The zero-order chi connectivity index (χ0) is 8.97. The summed E-state index contributed by atoms with van der Waals surface area (Å²) in [6.07, 6.45) is 1.71. The van der Waals surface area contributed by atoms with Gasteiger partial charge in [0.25, 0.3) is 0 Å². The summed E-state index contributed by atoms with van der Waals surface area (Å²) in [7, 11) is 0. The molecule has 0 radical (unpaired) electrons. The highest BCUT2D eigenvalue weighted by atomic mass is 35.5. The molecular formula is C7H6ClN3S. The molecule has 1 aromatic heterocycles. The van der Waals surface area contributed by atoms with Gasteiger partial charge in [0, 0.05) is 6.54 Å². The summed E-state index contributed by atoms with van der Waals surface area (Å²) in [6.45, 7) is 4.16. The average Bonchev–Trinajstić information content (AvgIpc) is 2.43. The Balaban J connectivity index is 2.76. The van der Waals surface area contributed by atoms with E-state index in [0.717, 1.165) is 0 Å². The smallest absolute Gasteiger partial charge is 0.185 e. The SMILES string of the molecule is C=CCNc1nc(Cl)c(C#N)s1. The molecular weight excluding hydrogens is 194 g/mol. The number of nitrogens with one attached hydrogen (secondary N) is 1. The second kappa shape index (κ2) is 4.10. The maximum atomic E-state index is 8.55. The van der Waals surface area contributed by atoms with E-state index in [1.165, 1.54) is 11.3 Å². The Morgan fingerprint density at radius 3 is 3.08 bits per heavy atom. The van der Waals surface area contributed by atoms with Crippen LogP contribution in [0, 0.1) is 11.3 Å². The number of nitrogens with zero attached hydrogens (tertiary/aromatic N) is 2. The molecule has 0 saturated carbocycles. The quantitative estimate of drug-likeness (QED) is 0.760. The molecule has 1 rings (SSSR count). The molecule has 0 bridgehead atoms. The minimum absolute atomic E-state index is 0.258. The highest BCUT2D eigenvalue weighted by Gasteiger charge is 2.06. The molecule has 0 aromatic carbocycles. The topological polar surface area (TPSA) is 48.7 Å². The molecule has 3 nitrogen and oxygen atoms in total. The molecule has 0 saturated heterocycles. The molecule has 0 aliphatic carbocycles. The molecule has 0 amide bonds. The van der Waals surface area contributed by atoms with E-state index in [0.29, 0.717) is 16.6 Å². The van der Waals surface area contributed by atoms with Crippen molar-refractivity contribution >= 4 is 28.1 Å². The lowest BCUT2D eigenvalue weighted by molar-refractivity contribution is 1.28. The van der Waals surface area contributed by atoms with Gasteiger partial charge in [0.05, 0.1) is 0 Å². The third-order valence-corrected chi connectivity index (χ3v) is 2.39. The first-order valence-corrected chi connectivity index (χ1v) is 4.38. The Morgan fingerprint density at radius 2 is 2.58 bits per heavy atom. The normalized spacial score (nSPS) is 9.00. The van der Waals surface area contributed by atoms with Gasteiger partial charge in [-0.05, 0) is 0 Å². The van der Waals surface area contributed by atoms with Crippen molar-refractivity contribution in [2.45, 2.75) is 0 Å². The van der Waals surface area contributed by atoms with Gasteiger partial charge in [0.2, 0.25) is 0 Å². The molecule has 1 heterocycles. The van der Waals surface area contributed by atoms with Crippen molar-refractivity contribution in [3.63, 3.8) is 0 Å². The molecule has 0 fully saturated rings. The van der Waals surface area contributed by atoms with Crippen LogP contribution in [-0.4, -0.2) is 11.5 Å². The summed E-state index contributed by atoms with van der Waals surface area (Å²) in [5, 5.41) is 12.4. The second-order valence-electron chi connectivity index (χ2n) is 1.92. The van der Waals surface area contributed by atoms with E-state index in [1.54, 1.807) is 6.08 Å². The summed E-state index contributed by atoms with van der Waals surface area (Å²) in [5.41, 5.74) is 0. The summed E-state index contributed by atoms with van der Waals surface area (Å²) in [5.74, 6) is 0. The third-order valence-electron chi connectivity index (χ3n) is 1.08. The maximum absolute atomic E-state index is 8.55. The zero-order valence-electron chi connectivity index (χ0n) is 6.17. The Hall–Kier alpha value is -1.05. The van der Waals surface area contributed by atoms with Gasteiger partial charge in [0.15, 0.2) is 10.3 Å². The van der Waals surface area contributed by atoms with Gasteiger partial charge in [-0.2, -0.15) is 5.26 Å². The van der Waals surface area contributed by atoms with Crippen LogP contribution in [0.1, 0.15) is 4.88 Å². The standard InChI is InChI=1S/C7H6ClN3S/c1-2-3-10-7-11-6(8)5(4-9)12-7/h2H,1,3H2,(H,10,11). The van der Waals surface area contributed by atoms with Crippen molar-refractivity contribution < 1.29 is 0 Å². The van der Waals surface area contributed by atoms with Gasteiger partial charge in [-0.1, -0.05) is 29.0 Å². The van der Waals surface area contributed by atoms with Crippen LogP contribution in [0.5, 0.6) is 0 Å². The Bertz CT molecular complexity index is 326. The summed E-state index contributed by atoms with van der Waals surface area (Å²) >= 11 is 6.87. The minimum atomic E-state index is 0.258. The first-order valence-electron chi connectivity index (χ1n) is 3.19. The predicted octanol–water partition coefficient (Wildman–Crippen LogP) is 2.27. The van der Waals surface area contributed by atoms with Crippen LogP contribution in [0.3, 0.4) is 0 Å². The summed E-state index contributed by atoms with van der Waals surface area (Å²) < 4.78 is 0. The second-order valence-corrected chi connectivity index (χ2v) is 3.28. The fourth-order valence-corrected chi connectivity index (χ4v) is 1.56. The Labute approximate surface area is 79.3 Å². The molecule has 0 aliphatic heterocycles. The lowest BCUT2D eigenvalue weighted by Gasteiger charge is -1.93. The molecule has 62 valence electrons. The molecule has 0 aliphatic rings. The van der Waals surface area contributed by atoms with Gasteiger partial charge in [-0.3, -0.25) is 0 Å². The molecule has 12 heavy (non-hydrogen) atoms. The van der Waals surface area contributed by atoms with Crippen LogP contribution in [0.4, 0.5) is 5.13 Å². The van der Waals surface area contributed by atoms with Crippen molar-refractivity contribution in [2.75, 3.05) is 11.9 Å². The first kappa shape index (κ1) is 9.04. The largest absolute Gasteiger partial charge is 0.358 e. The first-order chi connectivity index (χ1) is 5.77. The number of hydrogen-bond donors (Lipinski definition) is 1. The lowest BCUT2D eigenvalue weighted by atomic mass is 10.6. The fraction of sp³-hybridized carbons (Fsp3) is 0.143. The number of halogens is 1. The van der Waals surface area contributed by atoms with Crippen LogP contribution in [0.15, 0.2) is 12.7 Å². The van der Waals surface area contributed by atoms with Crippen molar-refractivity contribution in [3.05, 3.63) is 22.7 Å². The van der Waals surface area contributed by atoms with E-state index in [2.05, 4.69) is 16.9 Å². The molecule has 1 aromatic rings. The monoisotopic (exact) mass is 199 g/mol. The van der Waals surface area contributed by atoms with E-state index in [1.807, 2.05) is 6.07 Å². The number of hydrogen-bond acceptors (Lipinski definition) is 4. The van der Waals surface area contributed by atoms with Crippen LogP contribution >= 0.6 is 22.9 Å². The number of rotatable bonds is 3. The fourth-order valence-electron chi connectivity index (χ4n) is 0.606. The Kier molecular flexibility index (Phi) is 3.09. The highest BCUT2D eigenvalue weighted by Crippen LogP contribution is 2.25. The van der Waals surface area contributed by atoms with Crippen molar-refractivity contribution in [1.82, 2.24) is 4.98 Å². The van der Waals surface area contributed by atoms with Crippen LogP contribution in [0.25, 0.3) is 0 Å². The number of aromatic nitrogens is 1. The van der Waals surface area contributed by atoms with E-state index in [-0.39, 0.29) is 5.15 Å². The number of anilines is 1. The van der Waals surface area contributed by atoms with E-state index in [9.17, 15) is 0 Å². The van der Waals surface area contributed by atoms with Gasteiger partial charge >= 0.3 is 0 Å². The van der Waals surface area contributed by atoms with Crippen LogP contribution in [-0.2, 0) is 0 Å². The van der Waals surface area contributed by atoms with Crippen molar-refractivity contribution in [1.29, 1.82) is 5.26 Å². The van der Waals surface area contributed by atoms with Gasteiger partial charge in [-0.15, -0.1) is 6.58 Å². The zero-order valence-corrected chi connectivity index (χ0v) is 7.74. The molecule has 0 atom stereocenters. The lowest BCUT2D eigenvalue weighted by Crippen LogP contribution is -1.95. The third kappa shape index (κ3) is 1.97. The van der Waals surface area contributed by atoms with Crippen molar-refractivity contribution in [3.8, 4) is 6.07 Å². The number of nitriles is 1. The molecule has 5 heteroatoms. The maximum Gasteiger partial charge on any atom is 0.185 e. The Morgan fingerprint density at radius 1 is 1.83 bits per heavy atom.